The Labute approximate surface area is 650 Å². The summed E-state index contributed by atoms with van der Waals surface area (Å²) in [7, 11) is 10.4. The Balaban J connectivity index is 6.84. The first-order valence-corrected chi connectivity index (χ1v) is 47.9. The van der Waals surface area contributed by atoms with Crippen molar-refractivity contribution >= 4 is 118 Å². The molecule has 0 bridgehead atoms. The Morgan fingerprint density at radius 3 is 0.728 bits per heavy atom. The van der Waals surface area contributed by atoms with Crippen LogP contribution in [0.15, 0.2) is 0 Å². The van der Waals surface area contributed by atoms with Crippen LogP contribution in [0.4, 0.5) is 0 Å². The number of carbonyl (C=O) groups is 9. The van der Waals surface area contributed by atoms with Crippen molar-refractivity contribution in [3.05, 3.63) is 0 Å². The summed E-state index contributed by atoms with van der Waals surface area (Å²) in [6.45, 7) is 26.1. The molecule has 19 nitrogen and oxygen atoms in total. The van der Waals surface area contributed by atoms with E-state index in [1.54, 1.807) is 100 Å². The van der Waals surface area contributed by atoms with Crippen LogP contribution in [0.1, 0.15) is 295 Å². The van der Waals surface area contributed by atoms with E-state index in [1.165, 1.54) is 135 Å². The molecule has 3 N–H and O–H groups in total. The molecule has 0 aromatic rings. The molecule has 0 aromatic heterocycles. The van der Waals surface area contributed by atoms with Crippen LogP contribution in [0.2, 0.25) is 0 Å². The number of rotatable bonds is 72. The van der Waals surface area contributed by atoms with E-state index in [2.05, 4.69) is 36.7 Å². The number of carbonyl (C=O) groups excluding carboxylic acids is 9. The number of amides is 6. The molecular weight excluding hydrogens is 1420 g/mol. The number of nitrogens with zero attached hydrogens (tertiary/aromatic N) is 4. The summed E-state index contributed by atoms with van der Waals surface area (Å²) < 4.78 is 15.7. The topological polar surface area (TPSA) is 230 Å². The smallest absolute Gasteiger partial charge is 0.305 e. The lowest BCUT2D eigenvalue weighted by atomic mass is 10.00. The second-order valence-corrected chi connectivity index (χ2v) is 36.0. The van der Waals surface area contributed by atoms with Crippen LogP contribution in [-0.4, -0.2) is 204 Å². The highest BCUT2D eigenvalue weighted by molar-refractivity contribution is 8.77. The number of ether oxygens (including phenoxy) is 3. The predicted molar refractivity (Wildman–Crippen MR) is 441 cm³/mol. The summed E-state index contributed by atoms with van der Waals surface area (Å²) in [4.78, 5) is 131. The lowest BCUT2D eigenvalue weighted by Crippen LogP contribution is -2.55. The molecule has 0 rings (SSSR count). The standard InChI is InChI=1S/C78H147N7O12S6/c1-13-19-22-25-28-31-34-37-58-98-101-61-46-67(86)83(52-40-43-70(89)95-16-4)73(64(7)8)76(92)79-49-55-82(56-50-80-77(93)74(65(9)10)84(53-41-44-71(90)96-17-5)68(87)47-62-102-99-59-38-35-32-29-26-23-20-14-2)57-51-81-78(94)75(66(11)12)85(54-42-45-72(91)97-18-6)69(88)48-63-103-100-60-39-36-33-30-27-24-21-15-3/h64-66,73-75H,13-63H2,1-12H3,(H,79,92)(H,80,93)(H,81,94). The first-order chi connectivity index (χ1) is 49.8. The van der Waals surface area contributed by atoms with Gasteiger partial charge in [0.2, 0.25) is 35.4 Å². The van der Waals surface area contributed by atoms with E-state index in [9.17, 15) is 43.2 Å². The molecule has 0 spiro atoms. The Morgan fingerprint density at radius 2 is 0.505 bits per heavy atom. The first-order valence-electron chi connectivity index (χ1n) is 40.4. The summed E-state index contributed by atoms with van der Waals surface area (Å²) in [6.07, 6.45) is 32.0. The molecule has 602 valence electrons. The van der Waals surface area contributed by atoms with Crippen molar-refractivity contribution in [1.29, 1.82) is 0 Å². The minimum Gasteiger partial charge on any atom is -0.466 e. The van der Waals surface area contributed by atoms with E-state index in [-0.39, 0.29) is 188 Å². The fraction of sp³-hybridized carbons (Fsp3) is 0.885. The van der Waals surface area contributed by atoms with Crippen molar-refractivity contribution in [1.82, 2.24) is 35.6 Å². The molecule has 0 aliphatic heterocycles. The molecule has 3 atom stereocenters. The van der Waals surface area contributed by atoms with Crippen LogP contribution in [-0.2, 0) is 57.4 Å². The highest BCUT2D eigenvalue weighted by atomic mass is 33.1. The van der Waals surface area contributed by atoms with Gasteiger partial charge in [0.1, 0.15) is 18.1 Å². The van der Waals surface area contributed by atoms with Crippen LogP contribution in [0.3, 0.4) is 0 Å². The average molecular weight is 1570 g/mol. The van der Waals surface area contributed by atoms with Crippen LogP contribution >= 0.6 is 64.8 Å². The third kappa shape index (κ3) is 53.7. The zero-order valence-corrected chi connectivity index (χ0v) is 71.6. The number of hydrogen-bond donors (Lipinski definition) is 3. The maximum Gasteiger partial charge on any atom is 0.305 e. The molecule has 0 aliphatic carbocycles. The number of hydrogen-bond acceptors (Lipinski definition) is 19. The van der Waals surface area contributed by atoms with E-state index in [1.807, 2.05) is 46.4 Å². The zero-order valence-electron chi connectivity index (χ0n) is 66.7. The molecule has 3 unspecified atom stereocenters. The van der Waals surface area contributed by atoms with Crippen LogP contribution in [0.5, 0.6) is 0 Å². The van der Waals surface area contributed by atoms with Gasteiger partial charge >= 0.3 is 17.9 Å². The molecule has 0 radical (unpaired) electrons. The van der Waals surface area contributed by atoms with Gasteiger partial charge in [0, 0.05) is 132 Å². The Kier molecular flexibility index (Phi) is 67.9. The van der Waals surface area contributed by atoms with Gasteiger partial charge in [0.25, 0.3) is 0 Å². The Morgan fingerprint density at radius 1 is 0.282 bits per heavy atom. The van der Waals surface area contributed by atoms with E-state index in [0.717, 1.165) is 36.5 Å². The summed E-state index contributed by atoms with van der Waals surface area (Å²) in [5, 5.41) is 9.39. The molecule has 0 aromatic carbocycles. The van der Waals surface area contributed by atoms with E-state index >= 15 is 0 Å². The lowest BCUT2D eigenvalue weighted by Gasteiger charge is -2.35. The summed E-state index contributed by atoms with van der Waals surface area (Å²) in [5.41, 5.74) is 0. The molecule has 25 heteroatoms. The molecular formula is C78H147N7O12S6. The van der Waals surface area contributed by atoms with Gasteiger partial charge in [0.15, 0.2) is 0 Å². The average Bonchev–Trinajstić information content (AvgIpc) is 0.862. The fourth-order valence-electron chi connectivity index (χ4n) is 12.3. The third-order valence-electron chi connectivity index (χ3n) is 17.8. The zero-order chi connectivity index (χ0) is 76.5. The van der Waals surface area contributed by atoms with Gasteiger partial charge in [-0.15, -0.1) is 0 Å². The van der Waals surface area contributed by atoms with Crippen molar-refractivity contribution in [2.75, 3.05) is 113 Å². The fourth-order valence-corrected chi connectivity index (χ4v) is 18.6. The van der Waals surface area contributed by atoms with Crippen LogP contribution < -0.4 is 16.0 Å². The maximum atomic E-state index is 14.6. The van der Waals surface area contributed by atoms with Crippen molar-refractivity contribution in [3.63, 3.8) is 0 Å². The monoisotopic (exact) mass is 1570 g/mol. The number of esters is 3. The van der Waals surface area contributed by atoms with E-state index in [0.29, 0.717) is 36.5 Å². The molecule has 0 saturated carbocycles. The number of nitrogens with one attached hydrogen (secondary N) is 3. The van der Waals surface area contributed by atoms with Gasteiger partial charge in [-0.2, -0.15) is 0 Å². The second kappa shape index (κ2) is 69.7. The van der Waals surface area contributed by atoms with Gasteiger partial charge in [0.05, 0.1) is 19.8 Å². The molecule has 0 aliphatic rings. The van der Waals surface area contributed by atoms with Gasteiger partial charge < -0.3 is 44.9 Å². The molecule has 6 amide bonds. The Bertz CT molecular complexity index is 1960. The summed E-state index contributed by atoms with van der Waals surface area (Å²) in [6, 6.07) is -2.51. The SMILES string of the molecule is CCCCCCCCCCSSCCC(=O)N(CCCC(=O)OCC)C(C(=O)NCCN(CCNC(=O)C(C(C)C)N(CCCC(=O)OCC)C(=O)CCSSCCCCCCCCCC)CCNC(=O)C(C(C)C)N(CCCC(=O)OCC)C(=O)CCSSCCCCCCCCCC)C(C)C. The normalized spacial score (nSPS) is 12.3. The highest BCUT2D eigenvalue weighted by Gasteiger charge is 2.35. The van der Waals surface area contributed by atoms with Crippen molar-refractivity contribution in [2.24, 2.45) is 17.8 Å². The quantitative estimate of drug-likeness (QED) is 0.0222. The third-order valence-corrected chi connectivity index (χ3v) is 25.3. The highest BCUT2D eigenvalue weighted by Crippen LogP contribution is 2.29. The Hall–Kier alpha value is -2.71. The van der Waals surface area contributed by atoms with Gasteiger partial charge in [-0.1, -0.05) is 262 Å². The maximum absolute atomic E-state index is 14.6. The van der Waals surface area contributed by atoms with Crippen LogP contribution in [0, 0.1) is 17.8 Å². The molecule has 103 heavy (non-hydrogen) atoms. The predicted octanol–water partition coefficient (Wildman–Crippen LogP) is 17.0. The largest absolute Gasteiger partial charge is 0.466 e. The lowest BCUT2D eigenvalue weighted by molar-refractivity contribution is -0.145. The second-order valence-electron chi connectivity index (χ2n) is 27.9. The van der Waals surface area contributed by atoms with E-state index in [4.69, 9.17) is 14.2 Å². The summed E-state index contributed by atoms with van der Waals surface area (Å²) >= 11 is 0. The van der Waals surface area contributed by atoms with Crippen LogP contribution in [0.25, 0.3) is 0 Å². The minimum absolute atomic E-state index is 0.106. The van der Waals surface area contributed by atoms with Gasteiger partial charge in [-0.05, 0) is 77.0 Å². The number of unbranched alkanes of at least 4 members (excludes halogenated alkanes) is 21. The van der Waals surface area contributed by atoms with Crippen molar-refractivity contribution in [2.45, 2.75) is 313 Å². The van der Waals surface area contributed by atoms with Crippen molar-refractivity contribution in [3.8, 4) is 0 Å². The minimum atomic E-state index is -0.836. The molecule has 0 fully saturated rings. The van der Waals surface area contributed by atoms with Gasteiger partial charge in [-0.25, -0.2) is 0 Å². The first kappa shape index (κ1) is 100. The van der Waals surface area contributed by atoms with Gasteiger partial charge in [-0.3, -0.25) is 48.1 Å². The molecule has 0 heterocycles. The van der Waals surface area contributed by atoms with E-state index < -0.39 is 18.1 Å². The molecule has 0 saturated heterocycles. The summed E-state index contributed by atoms with van der Waals surface area (Å²) in [5.74, 6) is 1.39. The van der Waals surface area contributed by atoms with Crippen molar-refractivity contribution < 1.29 is 57.4 Å².